The average molecular weight is 175 g/mol. The Morgan fingerprint density at radius 2 is 1.83 bits per heavy atom. The third kappa shape index (κ3) is 5.70. The third-order valence-corrected chi connectivity index (χ3v) is 1.81. The molecule has 0 saturated carbocycles. The van der Waals surface area contributed by atoms with E-state index in [0.717, 1.165) is 6.42 Å². The molecular weight excluding hydrogens is 161 g/mol. The molecule has 0 amide bonds. The van der Waals surface area contributed by atoms with Crippen molar-refractivity contribution >= 4 is 11.9 Å². The second-order valence-corrected chi connectivity index (χ2v) is 2.80. The monoisotopic (exact) mass is 175 g/mol. The van der Waals surface area contributed by atoms with Gasteiger partial charge in [-0.3, -0.25) is 9.59 Å². The minimum absolute atomic E-state index is 0.00130. The second kappa shape index (κ2) is 5.57. The van der Waals surface area contributed by atoms with Gasteiger partial charge in [-0.1, -0.05) is 13.3 Å². The average Bonchev–Trinajstić information content (AvgIpc) is 1.97. The number of carbonyl (C=O) groups is 2. The number of carboxylic acid groups (broad SMARTS) is 2. The summed E-state index contributed by atoms with van der Waals surface area (Å²) in [6.45, 7) is 1.87. The van der Waals surface area contributed by atoms with Crippen LogP contribution in [0.3, 0.4) is 0 Å². The lowest BCUT2D eigenvalue weighted by Crippen LogP contribution is -2.09. The summed E-state index contributed by atoms with van der Waals surface area (Å²) in [4.78, 5) is 20.4. The molecular formula is C8H14O4. The van der Waals surface area contributed by atoms with E-state index in [1.807, 2.05) is 6.92 Å². The molecule has 0 aromatic heterocycles. The van der Waals surface area contributed by atoms with Crippen LogP contribution < -0.4 is 0 Å². The first-order chi connectivity index (χ1) is 5.56. The fourth-order valence-electron chi connectivity index (χ4n) is 1.03. The summed E-state index contributed by atoms with van der Waals surface area (Å²) in [5.74, 6) is -1.72. The Hall–Kier alpha value is -1.06. The normalized spacial score (nSPS) is 12.4. The van der Waals surface area contributed by atoms with Gasteiger partial charge in [0.25, 0.3) is 0 Å². The van der Waals surface area contributed by atoms with Crippen molar-refractivity contribution < 1.29 is 19.8 Å². The Bertz CT molecular complexity index is 164. The van der Waals surface area contributed by atoms with E-state index < -0.39 is 11.9 Å². The van der Waals surface area contributed by atoms with Crippen LogP contribution in [0, 0.1) is 5.92 Å². The van der Waals surface area contributed by atoms with E-state index in [0.29, 0.717) is 6.42 Å². The van der Waals surface area contributed by atoms with Crippen molar-refractivity contribution in [3.05, 3.63) is 0 Å². The molecule has 4 nitrogen and oxygen atoms in total. The van der Waals surface area contributed by atoms with Gasteiger partial charge in [0, 0.05) is 12.8 Å². The van der Waals surface area contributed by atoms with Crippen molar-refractivity contribution in [3.63, 3.8) is 0 Å². The van der Waals surface area contributed by atoms with Gasteiger partial charge in [-0.15, -0.1) is 0 Å². The van der Waals surface area contributed by atoms with Crippen molar-refractivity contribution in [1.82, 2.24) is 0 Å². The van der Waals surface area contributed by atoms with Crippen LogP contribution in [0.4, 0.5) is 0 Å². The Morgan fingerprint density at radius 3 is 2.17 bits per heavy atom. The maximum Gasteiger partial charge on any atom is 0.303 e. The van der Waals surface area contributed by atoms with Gasteiger partial charge >= 0.3 is 11.9 Å². The van der Waals surface area contributed by atoms with Gasteiger partial charge in [0.05, 0.1) is 0 Å². The van der Waals surface area contributed by atoms with Gasteiger partial charge in [-0.25, -0.2) is 0 Å². The largest absolute Gasteiger partial charge is 0.481 e. The summed E-state index contributed by atoms with van der Waals surface area (Å²) in [5.41, 5.74) is 0. The van der Waals surface area contributed by atoms with Gasteiger partial charge < -0.3 is 10.2 Å². The number of carboxylic acids is 2. The predicted octanol–water partition coefficient (Wildman–Crippen LogP) is 1.35. The van der Waals surface area contributed by atoms with Crippen molar-refractivity contribution in [2.45, 2.75) is 32.6 Å². The van der Waals surface area contributed by atoms with Crippen molar-refractivity contribution in [1.29, 1.82) is 0 Å². The van der Waals surface area contributed by atoms with Gasteiger partial charge in [-0.2, -0.15) is 0 Å². The van der Waals surface area contributed by atoms with E-state index in [4.69, 9.17) is 10.2 Å². The summed E-state index contributed by atoms with van der Waals surface area (Å²) >= 11 is 0. The number of aliphatic carboxylic acids is 2. The highest BCUT2D eigenvalue weighted by molar-refractivity contribution is 5.68. The minimum atomic E-state index is -0.862. The van der Waals surface area contributed by atoms with E-state index in [1.165, 1.54) is 0 Å². The number of rotatable bonds is 6. The maximum atomic E-state index is 10.3. The molecule has 0 rings (SSSR count). The van der Waals surface area contributed by atoms with E-state index in [-0.39, 0.29) is 18.8 Å². The molecule has 0 bridgehead atoms. The molecule has 12 heavy (non-hydrogen) atoms. The molecule has 4 heteroatoms. The molecule has 1 atom stereocenters. The van der Waals surface area contributed by atoms with Crippen LogP contribution in [0.5, 0.6) is 0 Å². The van der Waals surface area contributed by atoms with E-state index in [2.05, 4.69) is 0 Å². The fourth-order valence-corrected chi connectivity index (χ4v) is 1.03. The molecule has 0 aliphatic rings. The summed E-state index contributed by atoms with van der Waals surface area (Å²) in [6, 6.07) is 0. The molecule has 0 saturated heterocycles. The van der Waals surface area contributed by atoms with E-state index in [9.17, 15) is 9.59 Å². The summed E-state index contributed by atoms with van der Waals surface area (Å²) in [7, 11) is 0. The first-order valence-corrected chi connectivity index (χ1v) is 3.99. The zero-order valence-corrected chi connectivity index (χ0v) is 7.12. The second-order valence-electron chi connectivity index (χ2n) is 2.80. The Morgan fingerprint density at radius 1 is 1.25 bits per heavy atom. The zero-order valence-electron chi connectivity index (χ0n) is 7.12. The SMILES string of the molecule is CCC(CCC(=O)O)C[13C](=O)O. The van der Waals surface area contributed by atoms with Crippen LogP contribution in [-0.4, -0.2) is 22.2 Å². The van der Waals surface area contributed by atoms with Crippen LogP contribution in [0.1, 0.15) is 32.6 Å². The summed E-state index contributed by atoms with van der Waals surface area (Å²) in [5, 5.41) is 16.8. The highest BCUT2D eigenvalue weighted by Gasteiger charge is 2.12. The fraction of sp³-hybridized carbons (Fsp3) is 0.750. The lowest BCUT2D eigenvalue weighted by molar-refractivity contribution is -0.140. The van der Waals surface area contributed by atoms with Crippen molar-refractivity contribution in [3.8, 4) is 0 Å². The summed E-state index contributed by atoms with van der Waals surface area (Å²) < 4.78 is 0. The molecule has 70 valence electrons. The lowest BCUT2D eigenvalue weighted by atomic mass is 10.00. The molecule has 0 aliphatic carbocycles. The van der Waals surface area contributed by atoms with Crippen LogP contribution >= 0.6 is 0 Å². The highest BCUT2D eigenvalue weighted by atomic mass is 16.5. The molecule has 1 unspecified atom stereocenters. The third-order valence-electron chi connectivity index (χ3n) is 1.81. The molecule has 0 aromatic carbocycles. The standard InChI is InChI=1S/C8H14O4/c1-2-6(5-8(11)12)3-4-7(9)10/h6H,2-5H2,1H3,(H,9,10)(H,11,12)/i8+1. The Labute approximate surface area is 71.2 Å². The molecule has 0 radical (unpaired) electrons. The Balaban J connectivity index is 3.67. The first kappa shape index (κ1) is 10.9. The molecule has 2 N–H and O–H groups in total. The smallest absolute Gasteiger partial charge is 0.303 e. The quantitative estimate of drug-likeness (QED) is 0.597. The van der Waals surface area contributed by atoms with Gasteiger partial charge in [0.2, 0.25) is 0 Å². The Kier molecular flexibility index (Phi) is 5.08. The minimum Gasteiger partial charge on any atom is -0.481 e. The molecule has 0 heterocycles. The maximum absolute atomic E-state index is 10.3. The summed E-state index contributed by atoms with van der Waals surface area (Å²) in [6.07, 6.45) is 1.31. The van der Waals surface area contributed by atoms with Crippen molar-refractivity contribution in [2.24, 2.45) is 5.92 Å². The van der Waals surface area contributed by atoms with Gasteiger partial charge in [0.1, 0.15) is 0 Å². The predicted molar refractivity (Wildman–Crippen MR) is 42.9 cm³/mol. The molecule has 0 aromatic rings. The zero-order chi connectivity index (χ0) is 9.56. The van der Waals surface area contributed by atoms with E-state index >= 15 is 0 Å². The molecule has 0 fully saturated rings. The van der Waals surface area contributed by atoms with E-state index in [1.54, 1.807) is 0 Å². The van der Waals surface area contributed by atoms with Gasteiger partial charge in [-0.05, 0) is 12.3 Å². The van der Waals surface area contributed by atoms with Crippen LogP contribution in [0.25, 0.3) is 0 Å². The lowest BCUT2D eigenvalue weighted by Gasteiger charge is -2.09. The number of hydrogen-bond acceptors (Lipinski definition) is 2. The highest BCUT2D eigenvalue weighted by Crippen LogP contribution is 2.14. The van der Waals surface area contributed by atoms with Crippen LogP contribution in [0.15, 0.2) is 0 Å². The van der Waals surface area contributed by atoms with Crippen molar-refractivity contribution in [2.75, 3.05) is 0 Å². The number of hydrogen-bond donors (Lipinski definition) is 2. The molecule has 0 spiro atoms. The first-order valence-electron chi connectivity index (χ1n) is 3.99. The van der Waals surface area contributed by atoms with Crippen LogP contribution in [0.2, 0.25) is 0 Å². The van der Waals surface area contributed by atoms with Crippen LogP contribution in [-0.2, 0) is 9.59 Å². The topological polar surface area (TPSA) is 74.6 Å². The van der Waals surface area contributed by atoms with Gasteiger partial charge in [0.15, 0.2) is 0 Å². The molecule has 0 aliphatic heterocycles.